The number of hydrogen-bond donors (Lipinski definition) is 0. The van der Waals surface area contributed by atoms with Crippen LogP contribution in [0.1, 0.15) is 28.8 Å². The second kappa shape index (κ2) is 10.6. The molecule has 1 aliphatic carbocycles. The summed E-state index contributed by atoms with van der Waals surface area (Å²) in [5.74, 6) is 0. The predicted molar refractivity (Wildman–Crippen MR) is 203 cm³/mol. The van der Waals surface area contributed by atoms with E-state index < -0.39 is 0 Å². The molecular weight excluding hydrogens is 617 g/mol. The van der Waals surface area contributed by atoms with Crippen molar-refractivity contribution in [2.45, 2.75) is 12.8 Å². The Hall–Kier alpha value is -6.40. The zero-order valence-corrected chi connectivity index (χ0v) is 27.1. The standard InChI is InChI=1S/C44H26N4S/c45-25-27-17-29(21-31(19-27)47-39-13-5-1-9-33(39)34-10-2-6-14-40(34)47)30-18-28(26-46)20-32(22-30)48-41-15-7-3-11-35(41)37-23-38-36-12-4-8-16-43(36)49-44(38)24-42(37)48/h1,3-9,11-24H,2,10H2. The zero-order chi connectivity index (χ0) is 32.6. The fraction of sp³-hybridized carbons (Fsp3) is 0.0455. The third-order valence-corrected chi connectivity index (χ3v) is 11.1. The van der Waals surface area contributed by atoms with Crippen molar-refractivity contribution in [3.63, 3.8) is 0 Å². The van der Waals surface area contributed by atoms with Crippen molar-refractivity contribution in [3.05, 3.63) is 150 Å². The van der Waals surface area contributed by atoms with E-state index in [1.807, 2.05) is 35.6 Å². The van der Waals surface area contributed by atoms with Gasteiger partial charge in [0.05, 0.1) is 39.8 Å². The minimum absolute atomic E-state index is 0.567. The van der Waals surface area contributed by atoms with Crippen LogP contribution in [-0.4, -0.2) is 9.13 Å². The number of nitriles is 2. The molecule has 1 aliphatic rings. The Bertz CT molecular complexity index is 2970. The summed E-state index contributed by atoms with van der Waals surface area (Å²) >= 11 is 1.81. The molecule has 10 rings (SSSR count). The van der Waals surface area contributed by atoms with Gasteiger partial charge >= 0.3 is 0 Å². The summed E-state index contributed by atoms with van der Waals surface area (Å²) in [4.78, 5) is 0. The molecule has 6 aromatic carbocycles. The van der Waals surface area contributed by atoms with Crippen LogP contribution in [0.2, 0.25) is 0 Å². The van der Waals surface area contributed by atoms with Gasteiger partial charge in [0, 0.05) is 53.4 Å². The van der Waals surface area contributed by atoms with E-state index >= 15 is 0 Å². The summed E-state index contributed by atoms with van der Waals surface area (Å²) in [5.41, 5.74) is 10.6. The lowest BCUT2D eigenvalue weighted by Gasteiger charge is -2.15. The number of para-hydroxylation sites is 2. The van der Waals surface area contributed by atoms with Gasteiger partial charge in [0.2, 0.25) is 0 Å². The van der Waals surface area contributed by atoms with Crippen molar-refractivity contribution in [2.24, 2.45) is 0 Å². The zero-order valence-electron chi connectivity index (χ0n) is 26.3. The van der Waals surface area contributed by atoms with Gasteiger partial charge < -0.3 is 9.13 Å². The van der Waals surface area contributed by atoms with E-state index in [9.17, 15) is 10.5 Å². The van der Waals surface area contributed by atoms with Gasteiger partial charge in [-0.2, -0.15) is 10.5 Å². The monoisotopic (exact) mass is 642 g/mol. The molecule has 0 amide bonds. The Morgan fingerprint density at radius 1 is 0.531 bits per heavy atom. The van der Waals surface area contributed by atoms with Gasteiger partial charge in [-0.25, -0.2) is 0 Å². The molecule has 0 N–H and O–H groups in total. The van der Waals surface area contributed by atoms with Gasteiger partial charge in [-0.3, -0.25) is 0 Å². The van der Waals surface area contributed by atoms with Crippen molar-refractivity contribution in [1.82, 2.24) is 9.13 Å². The molecule has 0 atom stereocenters. The van der Waals surface area contributed by atoms with Crippen LogP contribution in [0, 0.1) is 22.7 Å². The number of benzene rings is 6. The summed E-state index contributed by atoms with van der Waals surface area (Å²) in [6.45, 7) is 0. The fourth-order valence-electron chi connectivity index (χ4n) is 7.87. The van der Waals surface area contributed by atoms with Gasteiger partial charge in [-0.05, 0) is 102 Å². The van der Waals surface area contributed by atoms with E-state index in [0.29, 0.717) is 11.1 Å². The Morgan fingerprint density at radius 3 is 1.90 bits per heavy atom. The largest absolute Gasteiger partial charge is 0.310 e. The first-order chi connectivity index (χ1) is 24.2. The molecule has 5 heteroatoms. The average molecular weight is 643 g/mol. The van der Waals surface area contributed by atoms with Crippen LogP contribution < -0.4 is 0 Å². The molecule has 0 bridgehead atoms. The normalized spacial score (nSPS) is 12.6. The van der Waals surface area contributed by atoms with Crippen LogP contribution in [0.3, 0.4) is 0 Å². The van der Waals surface area contributed by atoms with Crippen molar-refractivity contribution in [3.8, 4) is 34.6 Å². The van der Waals surface area contributed by atoms with Crippen LogP contribution in [0.15, 0.2) is 127 Å². The van der Waals surface area contributed by atoms with Gasteiger partial charge in [0.15, 0.2) is 0 Å². The predicted octanol–water partition coefficient (Wildman–Crippen LogP) is 11.5. The van der Waals surface area contributed by atoms with Crippen LogP contribution >= 0.6 is 11.3 Å². The number of aromatic nitrogens is 2. The van der Waals surface area contributed by atoms with E-state index in [-0.39, 0.29) is 0 Å². The van der Waals surface area contributed by atoms with E-state index in [4.69, 9.17) is 0 Å². The molecule has 9 aromatic rings. The van der Waals surface area contributed by atoms with Crippen LogP contribution in [0.25, 0.3) is 81.5 Å². The molecule has 0 fully saturated rings. The molecule has 0 aliphatic heterocycles. The third-order valence-electron chi connectivity index (χ3n) is 9.97. The molecular formula is C44H26N4S. The maximum absolute atomic E-state index is 10.3. The highest BCUT2D eigenvalue weighted by Gasteiger charge is 2.20. The van der Waals surface area contributed by atoms with E-state index in [2.05, 4.69) is 130 Å². The first-order valence-corrected chi connectivity index (χ1v) is 17.2. The van der Waals surface area contributed by atoms with E-state index in [0.717, 1.165) is 57.6 Å². The molecule has 0 unspecified atom stereocenters. The number of nitrogens with zero attached hydrogens (tertiary/aromatic N) is 4. The number of thiophene rings is 1. The number of fused-ring (bicyclic) bond motifs is 9. The highest BCUT2D eigenvalue weighted by molar-refractivity contribution is 7.25. The lowest BCUT2D eigenvalue weighted by molar-refractivity contribution is 0.967. The van der Waals surface area contributed by atoms with Crippen molar-refractivity contribution < 1.29 is 0 Å². The fourth-order valence-corrected chi connectivity index (χ4v) is 8.99. The summed E-state index contributed by atoms with van der Waals surface area (Å²) in [5, 5.41) is 26.7. The molecule has 3 heterocycles. The first kappa shape index (κ1) is 27.7. The van der Waals surface area contributed by atoms with Gasteiger partial charge in [-0.15, -0.1) is 11.3 Å². The molecule has 0 spiro atoms. The quantitative estimate of drug-likeness (QED) is 0.193. The molecule has 4 nitrogen and oxygen atoms in total. The highest BCUT2D eigenvalue weighted by Crippen LogP contribution is 2.41. The first-order valence-electron chi connectivity index (χ1n) is 16.4. The lowest BCUT2D eigenvalue weighted by Crippen LogP contribution is -2.01. The Labute approximate surface area is 286 Å². The van der Waals surface area contributed by atoms with Crippen LogP contribution in [0.5, 0.6) is 0 Å². The topological polar surface area (TPSA) is 57.4 Å². The molecule has 0 radical (unpaired) electrons. The Morgan fingerprint density at radius 2 is 1.16 bits per heavy atom. The smallest absolute Gasteiger partial charge is 0.0992 e. The summed E-state index contributed by atoms with van der Waals surface area (Å²) in [6, 6.07) is 47.2. The second-order valence-electron chi connectivity index (χ2n) is 12.7. The summed E-state index contributed by atoms with van der Waals surface area (Å²) in [7, 11) is 0. The Kier molecular flexibility index (Phi) is 5.96. The second-order valence-corrected chi connectivity index (χ2v) is 13.8. The summed E-state index contributed by atoms with van der Waals surface area (Å²) in [6.07, 6.45) is 6.45. The number of hydrogen-bond acceptors (Lipinski definition) is 3. The van der Waals surface area contributed by atoms with Crippen molar-refractivity contribution >= 4 is 70.3 Å². The molecule has 228 valence electrons. The number of allylic oxidation sites excluding steroid dienone is 1. The molecule has 49 heavy (non-hydrogen) atoms. The SMILES string of the molecule is N#Cc1cc(-c2cc(C#N)cc(-n3c4ccccc4c4cc5c(cc43)sc3ccccc35)c2)cc(-n2c3c(c4ccccc42)CCC=C3)c1. The van der Waals surface area contributed by atoms with E-state index in [1.54, 1.807) is 0 Å². The minimum atomic E-state index is 0.567. The van der Waals surface area contributed by atoms with Crippen molar-refractivity contribution in [2.75, 3.05) is 0 Å². The number of aryl methyl sites for hydroxylation is 1. The highest BCUT2D eigenvalue weighted by atomic mass is 32.1. The third kappa shape index (κ3) is 4.14. The minimum Gasteiger partial charge on any atom is -0.310 e. The maximum Gasteiger partial charge on any atom is 0.0992 e. The summed E-state index contributed by atoms with van der Waals surface area (Å²) < 4.78 is 7.07. The molecule has 0 saturated heterocycles. The molecule has 3 aromatic heterocycles. The maximum atomic E-state index is 10.3. The van der Waals surface area contributed by atoms with Crippen LogP contribution in [-0.2, 0) is 6.42 Å². The average Bonchev–Trinajstić information content (AvgIpc) is 3.80. The van der Waals surface area contributed by atoms with Crippen molar-refractivity contribution in [1.29, 1.82) is 10.5 Å². The number of rotatable bonds is 3. The van der Waals surface area contributed by atoms with Gasteiger partial charge in [0.1, 0.15) is 0 Å². The molecule has 0 saturated carbocycles. The van der Waals surface area contributed by atoms with E-state index in [1.165, 1.54) is 41.9 Å². The Balaban J connectivity index is 1.22. The van der Waals surface area contributed by atoms with Crippen LogP contribution in [0.4, 0.5) is 0 Å². The van der Waals surface area contributed by atoms with Gasteiger partial charge in [0.25, 0.3) is 0 Å². The lowest BCUT2D eigenvalue weighted by atomic mass is 9.99. The van der Waals surface area contributed by atoms with Gasteiger partial charge in [-0.1, -0.05) is 60.7 Å².